The highest BCUT2D eigenvalue weighted by Crippen LogP contribution is 2.28. The van der Waals surface area contributed by atoms with E-state index in [1.165, 1.54) is 6.42 Å². The van der Waals surface area contributed by atoms with Crippen molar-refractivity contribution in [3.63, 3.8) is 0 Å². The molecule has 8 heteroatoms. The summed E-state index contributed by atoms with van der Waals surface area (Å²) in [6, 6.07) is 21.6. The molecule has 1 aliphatic rings. The molecule has 1 N–H and O–H groups in total. The molecule has 3 aromatic rings. The number of benzene rings is 3. The van der Waals surface area contributed by atoms with Gasteiger partial charge in [-0.25, -0.2) is 0 Å². The number of carbonyl (C=O) groups is 2. The van der Waals surface area contributed by atoms with Gasteiger partial charge in [0.25, 0.3) is 5.91 Å². The number of nitrogens with one attached hydrogen (secondary N) is 1. The molecule has 1 saturated carbocycles. The van der Waals surface area contributed by atoms with E-state index in [1.54, 1.807) is 35.2 Å². The quantitative estimate of drug-likeness (QED) is 0.261. The zero-order valence-electron chi connectivity index (χ0n) is 21.0. The van der Waals surface area contributed by atoms with Crippen LogP contribution in [0.4, 0.5) is 0 Å². The number of carbonyl (C=O) groups excluding carboxylic acids is 2. The summed E-state index contributed by atoms with van der Waals surface area (Å²) in [7, 11) is 0. The first-order chi connectivity index (χ1) is 18.4. The van der Waals surface area contributed by atoms with Gasteiger partial charge < -0.3 is 15.0 Å². The maximum absolute atomic E-state index is 13.8. The Morgan fingerprint density at radius 1 is 0.921 bits per heavy atom. The summed E-state index contributed by atoms with van der Waals surface area (Å²) in [5, 5.41) is 4.41. The summed E-state index contributed by atoms with van der Waals surface area (Å²) in [6.45, 7) is 0.0204. The molecular formula is C30H31BrCl2N2O3. The normalized spacial score (nSPS) is 14.5. The zero-order chi connectivity index (χ0) is 26.9. The molecule has 0 saturated heterocycles. The largest absolute Gasteiger partial charge is 0.483 e. The first-order valence-corrected chi connectivity index (χ1v) is 14.4. The van der Waals surface area contributed by atoms with Crippen molar-refractivity contribution in [2.45, 2.75) is 57.2 Å². The molecule has 4 rings (SSSR count). The van der Waals surface area contributed by atoms with Gasteiger partial charge in [-0.3, -0.25) is 9.59 Å². The van der Waals surface area contributed by atoms with Crippen molar-refractivity contribution in [2.75, 3.05) is 6.61 Å². The van der Waals surface area contributed by atoms with Crippen molar-refractivity contribution in [1.82, 2.24) is 10.2 Å². The van der Waals surface area contributed by atoms with Crippen molar-refractivity contribution in [3.8, 4) is 5.75 Å². The predicted octanol–water partition coefficient (Wildman–Crippen LogP) is 7.22. The fraction of sp³-hybridized carbons (Fsp3) is 0.333. The minimum Gasteiger partial charge on any atom is -0.483 e. The number of hydrogen-bond acceptors (Lipinski definition) is 3. The van der Waals surface area contributed by atoms with E-state index in [0.29, 0.717) is 26.7 Å². The van der Waals surface area contributed by atoms with Crippen LogP contribution in [0.5, 0.6) is 5.75 Å². The van der Waals surface area contributed by atoms with Crippen LogP contribution >= 0.6 is 39.1 Å². The van der Waals surface area contributed by atoms with Crippen LogP contribution in [0.2, 0.25) is 10.0 Å². The maximum atomic E-state index is 13.8. The van der Waals surface area contributed by atoms with Crippen molar-refractivity contribution in [2.24, 2.45) is 0 Å². The summed E-state index contributed by atoms with van der Waals surface area (Å²) >= 11 is 15.6. The van der Waals surface area contributed by atoms with E-state index in [9.17, 15) is 9.59 Å². The first-order valence-electron chi connectivity index (χ1n) is 12.8. The Morgan fingerprint density at radius 3 is 2.29 bits per heavy atom. The maximum Gasteiger partial charge on any atom is 0.261 e. The molecule has 0 spiro atoms. The molecule has 0 aromatic heterocycles. The van der Waals surface area contributed by atoms with Gasteiger partial charge >= 0.3 is 0 Å². The molecule has 0 bridgehead atoms. The third kappa shape index (κ3) is 8.23. The lowest BCUT2D eigenvalue weighted by Crippen LogP contribution is -2.53. The van der Waals surface area contributed by atoms with E-state index in [1.807, 2.05) is 42.5 Å². The summed E-state index contributed by atoms with van der Waals surface area (Å²) < 4.78 is 6.52. The van der Waals surface area contributed by atoms with Crippen LogP contribution in [0.25, 0.3) is 0 Å². The van der Waals surface area contributed by atoms with Gasteiger partial charge in [0.15, 0.2) is 6.61 Å². The minimum atomic E-state index is -0.709. The Labute approximate surface area is 242 Å². The molecule has 0 unspecified atom stereocenters. The SMILES string of the molecule is O=C(NC1CCCCC1)[C@H](Cc1ccccc1)N(Cc1ccc(Cl)cc1)C(=O)COc1ccc(Cl)cc1Br. The molecule has 1 fully saturated rings. The van der Waals surface area contributed by atoms with Gasteiger partial charge in [0.05, 0.1) is 4.47 Å². The van der Waals surface area contributed by atoms with Gasteiger partial charge in [0.1, 0.15) is 11.8 Å². The lowest BCUT2D eigenvalue weighted by molar-refractivity contribution is -0.143. The van der Waals surface area contributed by atoms with Crippen LogP contribution in [0, 0.1) is 0 Å². The second kappa shape index (κ2) is 14.0. The average Bonchev–Trinajstić information content (AvgIpc) is 2.92. The number of ether oxygens (including phenoxy) is 1. The molecule has 200 valence electrons. The predicted molar refractivity (Wildman–Crippen MR) is 156 cm³/mol. The van der Waals surface area contributed by atoms with E-state index >= 15 is 0 Å². The topological polar surface area (TPSA) is 58.6 Å². The van der Waals surface area contributed by atoms with E-state index in [2.05, 4.69) is 21.2 Å². The van der Waals surface area contributed by atoms with Crippen LogP contribution < -0.4 is 10.1 Å². The summed E-state index contributed by atoms with van der Waals surface area (Å²) in [4.78, 5) is 29.2. The second-order valence-electron chi connectivity index (χ2n) is 9.56. The van der Waals surface area contributed by atoms with E-state index in [4.69, 9.17) is 27.9 Å². The second-order valence-corrected chi connectivity index (χ2v) is 11.3. The fourth-order valence-corrected chi connectivity index (χ4v) is 5.62. The number of amides is 2. The zero-order valence-corrected chi connectivity index (χ0v) is 24.1. The molecule has 1 atom stereocenters. The van der Waals surface area contributed by atoms with Gasteiger partial charge in [-0.1, -0.05) is 84.9 Å². The van der Waals surface area contributed by atoms with Gasteiger partial charge in [0.2, 0.25) is 5.91 Å². The van der Waals surface area contributed by atoms with Gasteiger partial charge in [-0.05, 0) is 70.2 Å². The Balaban J connectivity index is 1.61. The molecule has 3 aromatic carbocycles. The first kappa shape index (κ1) is 28.5. The van der Waals surface area contributed by atoms with E-state index in [-0.39, 0.29) is 31.0 Å². The summed E-state index contributed by atoms with van der Waals surface area (Å²) in [5.41, 5.74) is 1.85. The highest BCUT2D eigenvalue weighted by Gasteiger charge is 2.32. The smallest absolute Gasteiger partial charge is 0.261 e. The third-order valence-electron chi connectivity index (χ3n) is 6.73. The van der Waals surface area contributed by atoms with Crippen molar-refractivity contribution in [3.05, 3.63) is 98.4 Å². The lowest BCUT2D eigenvalue weighted by Gasteiger charge is -2.33. The Bertz CT molecular complexity index is 1220. The van der Waals surface area contributed by atoms with Crippen LogP contribution in [-0.2, 0) is 22.6 Å². The minimum absolute atomic E-state index is 0.128. The Hall–Kier alpha value is -2.54. The molecule has 5 nitrogen and oxygen atoms in total. The number of nitrogens with zero attached hydrogens (tertiary/aromatic N) is 1. The number of halogens is 3. The molecule has 0 aliphatic heterocycles. The van der Waals surface area contributed by atoms with Crippen molar-refractivity contribution < 1.29 is 14.3 Å². The third-order valence-corrected chi connectivity index (χ3v) is 7.84. The molecule has 0 heterocycles. The van der Waals surface area contributed by atoms with Crippen LogP contribution in [0.3, 0.4) is 0 Å². The number of hydrogen-bond donors (Lipinski definition) is 1. The molecule has 38 heavy (non-hydrogen) atoms. The average molecular weight is 618 g/mol. The molecule has 1 aliphatic carbocycles. The van der Waals surface area contributed by atoms with Crippen molar-refractivity contribution in [1.29, 1.82) is 0 Å². The Morgan fingerprint density at radius 2 is 1.61 bits per heavy atom. The molecule has 0 radical (unpaired) electrons. The van der Waals surface area contributed by atoms with Crippen LogP contribution in [0.15, 0.2) is 77.3 Å². The van der Waals surface area contributed by atoms with Crippen molar-refractivity contribution >= 4 is 50.9 Å². The van der Waals surface area contributed by atoms with Gasteiger partial charge in [-0.15, -0.1) is 0 Å². The highest BCUT2D eigenvalue weighted by molar-refractivity contribution is 9.10. The molecular weight excluding hydrogens is 587 g/mol. The van der Waals surface area contributed by atoms with E-state index in [0.717, 1.165) is 36.8 Å². The van der Waals surface area contributed by atoms with Gasteiger partial charge in [0, 0.05) is 29.1 Å². The lowest BCUT2D eigenvalue weighted by atomic mass is 9.94. The standard InChI is InChI=1S/C30H31BrCl2N2O3/c31-26-18-24(33)15-16-28(26)38-20-29(36)35(19-22-11-13-23(32)14-12-22)27(17-21-7-3-1-4-8-21)30(37)34-25-9-5-2-6-10-25/h1,3-4,7-8,11-16,18,25,27H,2,5-6,9-10,17,19-20H2,(H,34,37)/t27-/m0/s1. The monoisotopic (exact) mass is 616 g/mol. The number of rotatable bonds is 10. The molecule has 2 amide bonds. The summed E-state index contributed by atoms with van der Waals surface area (Å²) in [5.74, 6) is 0.0673. The van der Waals surface area contributed by atoms with Gasteiger partial charge in [-0.2, -0.15) is 0 Å². The van der Waals surface area contributed by atoms with Crippen LogP contribution in [0.1, 0.15) is 43.2 Å². The fourth-order valence-electron chi connectivity index (χ4n) is 4.70. The van der Waals surface area contributed by atoms with Crippen LogP contribution in [-0.4, -0.2) is 35.4 Å². The highest BCUT2D eigenvalue weighted by atomic mass is 79.9. The van der Waals surface area contributed by atoms with E-state index < -0.39 is 6.04 Å². The Kier molecular flexibility index (Phi) is 10.5. The summed E-state index contributed by atoms with van der Waals surface area (Å²) in [6.07, 6.45) is 5.71.